The van der Waals surface area contributed by atoms with Crippen LogP contribution in [0.2, 0.25) is 0 Å². The smallest absolute Gasteiger partial charge is 0.306 e. The molecule has 0 aromatic rings. The van der Waals surface area contributed by atoms with Gasteiger partial charge in [0.05, 0.1) is 25.2 Å². The summed E-state index contributed by atoms with van der Waals surface area (Å²) in [5.41, 5.74) is 0. The van der Waals surface area contributed by atoms with Crippen molar-refractivity contribution in [3.8, 4) is 0 Å². The number of ether oxygens (including phenoxy) is 1. The van der Waals surface area contributed by atoms with Gasteiger partial charge in [0.2, 0.25) is 5.91 Å². The highest BCUT2D eigenvalue weighted by atomic mass is 16.5. The van der Waals surface area contributed by atoms with Crippen molar-refractivity contribution in [3.63, 3.8) is 0 Å². The Balaban J connectivity index is 4.45. The Labute approximate surface area is 398 Å². The third kappa shape index (κ3) is 46.6. The van der Waals surface area contributed by atoms with Crippen LogP contribution in [0.4, 0.5) is 0 Å². The van der Waals surface area contributed by atoms with Crippen LogP contribution in [0, 0.1) is 0 Å². The first kappa shape index (κ1) is 62.1. The molecule has 0 aromatic carbocycles. The van der Waals surface area contributed by atoms with Gasteiger partial charge in [0, 0.05) is 6.42 Å². The van der Waals surface area contributed by atoms with Gasteiger partial charge in [-0.2, -0.15) is 0 Å². The molecule has 0 heterocycles. The number of allylic oxidation sites excluding steroid dienone is 6. The zero-order chi connectivity index (χ0) is 46.7. The van der Waals surface area contributed by atoms with Gasteiger partial charge in [0.1, 0.15) is 6.10 Å². The quantitative estimate of drug-likeness (QED) is 0.0245. The number of aliphatic hydroxyl groups is 2. The van der Waals surface area contributed by atoms with Gasteiger partial charge in [-0.25, -0.2) is 0 Å². The van der Waals surface area contributed by atoms with E-state index in [-0.39, 0.29) is 24.9 Å². The first-order valence-electron chi connectivity index (χ1n) is 28.2. The van der Waals surface area contributed by atoms with E-state index in [2.05, 4.69) is 62.5 Å². The second-order valence-corrected chi connectivity index (χ2v) is 19.4. The van der Waals surface area contributed by atoms with Crippen molar-refractivity contribution in [2.45, 2.75) is 315 Å². The molecule has 0 saturated carbocycles. The first-order chi connectivity index (χ1) is 31.5. The summed E-state index contributed by atoms with van der Waals surface area (Å²) in [6.07, 6.45) is 62.1. The molecule has 3 atom stereocenters. The molecule has 0 aromatic heterocycles. The van der Waals surface area contributed by atoms with Gasteiger partial charge >= 0.3 is 5.97 Å². The van der Waals surface area contributed by atoms with Crippen molar-refractivity contribution in [1.82, 2.24) is 5.32 Å². The van der Waals surface area contributed by atoms with E-state index in [1.165, 1.54) is 167 Å². The number of aliphatic hydroxyl groups excluding tert-OH is 2. The highest BCUT2D eigenvalue weighted by Crippen LogP contribution is 2.18. The SMILES string of the molecule is CCCCC/C=C\CCCCCC(CC(=O)NC(CO)C(O)CCCCCCCCCCCCCCCCCCC)OC(=O)CCCCCCC/C=C/C=C/CCCCCCCCC. The summed E-state index contributed by atoms with van der Waals surface area (Å²) in [5.74, 6) is -0.498. The maximum atomic E-state index is 13.2. The molecule has 0 aliphatic rings. The van der Waals surface area contributed by atoms with E-state index < -0.39 is 18.2 Å². The number of esters is 1. The van der Waals surface area contributed by atoms with Gasteiger partial charge in [-0.15, -0.1) is 0 Å². The van der Waals surface area contributed by atoms with Gasteiger partial charge in [-0.3, -0.25) is 9.59 Å². The average Bonchev–Trinajstić information content (AvgIpc) is 3.29. The van der Waals surface area contributed by atoms with E-state index in [0.717, 1.165) is 83.5 Å². The molecule has 0 spiro atoms. The van der Waals surface area contributed by atoms with Crippen LogP contribution in [0.1, 0.15) is 297 Å². The highest BCUT2D eigenvalue weighted by molar-refractivity contribution is 5.77. The number of amides is 1. The van der Waals surface area contributed by atoms with E-state index in [0.29, 0.717) is 19.3 Å². The van der Waals surface area contributed by atoms with Crippen LogP contribution in [0.5, 0.6) is 0 Å². The lowest BCUT2D eigenvalue weighted by Crippen LogP contribution is -2.46. The fourth-order valence-electron chi connectivity index (χ4n) is 8.65. The molecule has 376 valence electrons. The number of hydrogen-bond donors (Lipinski definition) is 3. The molecule has 0 saturated heterocycles. The zero-order valence-electron chi connectivity index (χ0n) is 42.9. The standard InChI is InChI=1S/C58H109NO5/c1-4-7-10-13-16-19-22-24-26-28-30-32-34-36-39-42-45-48-51-58(63)64-54(49-46-43-40-37-21-18-15-12-9-6-3)52-57(62)59-55(53-60)56(61)50-47-44-41-38-35-33-31-29-27-25-23-20-17-14-11-8-5-2/h18,21,26,28,30,32,54-56,60-61H,4-17,19-20,22-25,27,29,31,33-53H2,1-3H3,(H,59,62)/b21-18-,28-26+,32-30+. The third-order valence-electron chi connectivity index (χ3n) is 13.0. The van der Waals surface area contributed by atoms with E-state index in [1.54, 1.807) is 0 Å². The van der Waals surface area contributed by atoms with Gasteiger partial charge < -0.3 is 20.3 Å². The molecule has 6 nitrogen and oxygen atoms in total. The molecule has 64 heavy (non-hydrogen) atoms. The normalized spacial score (nSPS) is 13.4. The van der Waals surface area contributed by atoms with Crippen molar-refractivity contribution >= 4 is 11.9 Å². The fraction of sp³-hybridized carbons (Fsp3) is 0.862. The number of rotatable bonds is 51. The lowest BCUT2D eigenvalue weighted by atomic mass is 10.0. The summed E-state index contributed by atoms with van der Waals surface area (Å²) in [4.78, 5) is 26.2. The molecular weight excluding hydrogens is 791 g/mol. The van der Waals surface area contributed by atoms with Gasteiger partial charge in [0.25, 0.3) is 0 Å². The van der Waals surface area contributed by atoms with Crippen molar-refractivity contribution in [2.75, 3.05) is 6.61 Å². The van der Waals surface area contributed by atoms with Gasteiger partial charge in [0.15, 0.2) is 0 Å². The number of unbranched alkanes of at least 4 members (excludes halogenated alkanes) is 34. The monoisotopic (exact) mass is 900 g/mol. The molecule has 0 radical (unpaired) electrons. The Hall–Kier alpha value is -1.92. The lowest BCUT2D eigenvalue weighted by molar-refractivity contribution is -0.151. The lowest BCUT2D eigenvalue weighted by Gasteiger charge is -2.24. The Morgan fingerprint density at radius 3 is 1.25 bits per heavy atom. The molecule has 0 bridgehead atoms. The second kappa shape index (κ2) is 52.1. The largest absolute Gasteiger partial charge is 0.462 e. The molecule has 0 aliphatic carbocycles. The molecule has 6 heteroatoms. The Bertz CT molecular complexity index is 1060. The van der Waals surface area contributed by atoms with Crippen LogP contribution in [0.3, 0.4) is 0 Å². The summed E-state index contributed by atoms with van der Waals surface area (Å²) in [5, 5.41) is 23.8. The average molecular weight is 901 g/mol. The summed E-state index contributed by atoms with van der Waals surface area (Å²) in [6.45, 7) is 6.47. The third-order valence-corrected chi connectivity index (χ3v) is 13.0. The van der Waals surface area contributed by atoms with E-state index in [9.17, 15) is 19.8 Å². The number of carbonyl (C=O) groups is 2. The Kier molecular flexibility index (Phi) is 50.5. The summed E-state index contributed by atoms with van der Waals surface area (Å²) < 4.78 is 5.92. The summed E-state index contributed by atoms with van der Waals surface area (Å²) in [7, 11) is 0. The first-order valence-corrected chi connectivity index (χ1v) is 28.2. The second-order valence-electron chi connectivity index (χ2n) is 19.4. The molecule has 1 amide bonds. The minimum atomic E-state index is -0.793. The highest BCUT2D eigenvalue weighted by Gasteiger charge is 2.24. The van der Waals surface area contributed by atoms with E-state index in [4.69, 9.17) is 4.74 Å². The summed E-state index contributed by atoms with van der Waals surface area (Å²) >= 11 is 0. The summed E-state index contributed by atoms with van der Waals surface area (Å²) in [6, 6.07) is -0.708. The molecule has 3 unspecified atom stereocenters. The van der Waals surface area contributed by atoms with Crippen molar-refractivity contribution in [1.29, 1.82) is 0 Å². The number of nitrogens with one attached hydrogen (secondary N) is 1. The predicted octanol–water partition coefficient (Wildman–Crippen LogP) is 17.2. The van der Waals surface area contributed by atoms with Gasteiger partial charge in [-0.1, -0.05) is 243 Å². The van der Waals surface area contributed by atoms with Crippen LogP contribution in [-0.2, 0) is 14.3 Å². The predicted molar refractivity (Wildman–Crippen MR) is 278 cm³/mol. The minimum Gasteiger partial charge on any atom is -0.462 e. The molecule has 0 aliphatic heterocycles. The van der Waals surface area contributed by atoms with Crippen molar-refractivity contribution in [2.24, 2.45) is 0 Å². The minimum absolute atomic E-state index is 0.0627. The van der Waals surface area contributed by atoms with Crippen LogP contribution in [0.25, 0.3) is 0 Å². The van der Waals surface area contributed by atoms with Gasteiger partial charge in [-0.05, 0) is 77.0 Å². The maximum absolute atomic E-state index is 13.2. The number of hydrogen-bond acceptors (Lipinski definition) is 5. The van der Waals surface area contributed by atoms with Crippen LogP contribution in [0.15, 0.2) is 36.5 Å². The van der Waals surface area contributed by atoms with Crippen molar-refractivity contribution < 1.29 is 24.5 Å². The molecular formula is C58H109NO5. The number of carbonyl (C=O) groups excluding carboxylic acids is 2. The van der Waals surface area contributed by atoms with Crippen LogP contribution in [-0.4, -0.2) is 46.9 Å². The molecule has 0 fully saturated rings. The van der Waals surface area contributed by atoms with Crippen LogP contribution < -0.4 is 5.32 Å². The zero-order valence-corrected chi connectivity index (χ0v) is 42.9. The van der Waals surface area contributed by atoms with E-state index in [1.807, 2.05) is 0 Å². The Morgan fingerprint density at radius 1 is 0.453 bits per heavy atom. The molecule has 0 rings (SSSR count). The van der Waals surface area contributed by atoms with Crippen molar-refractivity contribution in [3.05, 3.63) is 36.5 Å². The van der Waals surface area contributed by atoms with Crippen LogP contribution >= 0.6 is 0 Å². The fourth-order valence-corrected chi connectivity index (χ4v) is 8.65. The Morgan fingerprint density at radius 2 is 0.797 bits per heavy atom. The maximum Gasteiger partial charge on any atom is 0.306 e. The topological polar surface area (TPSA) is 95.9 Å². The van der Waals surface area contributed by atoms with E-state index >= 15 is 0 Å². The molecule has 3 N–H and O–H groups in total.